The van der Waals surface area contributed by atoms with E-state index in [1.165, 1.54) is 12.5 Å². The van der Waals surface area contributed by atoms with E-state index in [1.54, 1.807) is 6.07 Å². The van der Waals surface area contributed by atoms with Gasteiger partial charge in [-0.15, -0.1) is 11.3 Å². The highest BCUT2D eigenvalue weighted by atomic mass is 35.5. The molecule has 0 atom stereocenters. The largest absolute Gasteiger partial charge is 0.443 e. The first-order chi connectivity index (χ1) is 10.0. The zero-order valence-electron chi connectivity index (χ0n) is 10.7. The van der Waals surface area contributed by atoms with E-state index in [-0.39, 0.29) is 4.21 Å². The summed E-state index contributed by atoms with van der Waals surface area (Å²) >= 11 is 6.79. The summed E-state index contributed by atoms with van der Waals surface area (Å²) in [5.74, 6) is 0. The number of fused-ring (bicyclic) bond motifs is 1. The molecule has 0 radical (unpaired) electrons. The molecule has 3 rings (SSSR count). The van der Waals surface area contributed by atoms with Crippen molar-refractivity contribution >= 4 is 44.1 Å². The average molecular weight is 343 g/mol. The van der Waals surface area contributed by atoms with Crippen molar-refractivity contribution < 1.29 is 12.8 Å². The van der Waals surface area contributed by atoms with Crippen LogP contribution in [0.5, 0.6) is 0 Å². The maximum Gasteiger partial charge on any atom is 0.250 e. The molecule has 110 valence electrons. The van der Waals surface area contributed by atoms with Gasteiger partial charge < -0.3 is 4.42 Å². The number of nitrogens with zero attached hydrogens (tertiary/aromatic N) is 1. The quantitative estimate of drug-likeness (QED) is 0.773. The first-order valence-corrected chi connectivity index (χ1v) is 8.79. The van der Waals surface area contributed by atoms with E-state index in [0.717, 1.165) is 22.4 Å². The summed E-state index contributed by atoms with van der Waals surface area (Å²) < 4.78 is 32.5. The number of rotatable bonds is 5. The van der Waals surface area contributed by atoms with E-state index >= 15 is 0 Å². The van der Waals surface area contributed by atoms with Gasteiger partial charge in [0.25, 0.3) is 0 Å². The molecule has 5 nitrogen and oxygen atoms in total. The molecule has 2 heterocycles. The lowest BCUT2D eigenvalue weighted by Crippen LogP contribution is -2.25. The fraction of sp³-hybridized carbons (Fsp3) is 0.154. The SMILES string of the molecule is O=S(=O)(NCCc1ccc2ncoc2c1)c1ccc(Cl)s1. The van der Waals surface area contributed by atoms with Crippen LogP contribution in [0.2, 0.25) is 4.34 Å². The number of thiophene rings is 1. The summed E-state index contributed by atoms with van der Waals surface area (Å²) in [5, 5.41) is 0. The summed E-state index contributed by atoms with van der Waals surface area (Å²) in [7, 11) is -3.49. The van der Waals surface area contributed by atoms with Gasteiger partial charge in [-0.2, -0.15) is 0 Å². The molecule has 2 aromatic heterocycles. The minimum atomic E-state index is -3.49. The molecule has 0 saturated carbocycles. The van der Waals surface area contributed by atoms with Crippen molar-refractivity contribution in [3.05, 3.63) is 46.6 Å². The number of sulfonamides is 1. The maximum atomic E-state index is 12.0. The lowest BCUT2D eigenvalue weighted by Gasteiger charge is -2.04. The molecule has 1 N–H and O–H groups in total. The number of hydrogen-bond acceptors (Lipinski definition) is 5. The summed E-state index contributed by atoms with van der Waals surface area (Å²) in [6.07, 6.45) is 1.95. The van der Waals surface area contributed by atoms with Crippen molar-refractivity contribution in [2.75, 3.05) is 6.54 Å². The van der Waals surface area contributed by atoms with Gasteiger partial charge in [-0.1, -0.05) is 17.7 Å². The van der Waals surface area contributed by atoms with E-state index < -0.39 is 10.0 Å². The Hall–Kier alpha value is -1.41. The lowest BCUT2D eigenvalue weighted by molar-refractivity contribution is 0.583. The van der Waals surface area contributed by atoms with Gasteiger partial charge in [-0.3, -0.25) is 0 Å². The Morgan fingerprint density at radius 2 is 2.14 bits per heavy atom. The fourth-order valence-corrected chi connectivity index (χ4v) is 4.46. The van der Waals surface area contributed by atoms with Crippen LogP contribution >= 0.6 is 22.9 Å². The smallest absolute Gasteiger partial charge is 0.250 e. The van der Waals surface area contributed by atoms with Crippen LogP contribution in [-0.4, -0.2) is 19.9 Å². The predicted octanol–water partition coefficient (Wildman–Crippen LogP) is 3.06. The number of hydrogen-bond donors (Lipinski definition) is 1. The van der Waals surface area contributed by atoms with Gasteiger partial charge in [0.15, 0.2) is 12.0 Å². The summed E-state index contributed by atoms with van der Waals surface area (Å²) in [5.41, 5.74) is 2.46. The van der Waals surface area contributed by atoms with Crippen LogP contribution in [0.15, 0.2) is 45.4 Å². The van der Waals surface area contributed by atoms with E-state index in [4.69, 9.17) is 16.0 Å². The average Bonchev–Trinajstić information content (AvgIpc) is 3.06. The van der Waals surface area contributed by atoms with Crippen molar-refractivity contribution in [3.8, 4) is 0 Å². The second-order valence-electron chi connectivity index (χ2n) is 4.36. The number of halogens is 1. The third-order valence-electron chi connectivity index (χ3n) is 2.91. The van der Waals surface area contributed by atoms with Gasteiger partial charge in [0, 0.05) is 6.54 Å². The van der Waals surface area contributed by atoms with Crippen LogP contribution in [-0.2, 0) is 16.4 Å². The van der Waals surface area contributed by atoms with Gasteiger partial charge in [-0.25, -0.2) is 18.1 Å². The molecule has 0 unspecified atom stereocenters. The molecule has 8 heteroatoms. The van der Waals surface area contributed by atoms with Crippen LogP contribution in [0, 0.1) is 0 Å². The molecular formula is C13H11ClN2O3S2. The van der Waals surface area contributed by atoms with Crippen LogP contribution in [0.3, 0.4) is 0 Å². The predicted molar refractivity (Wildman–Crippen MR) is 82.2 cm³/mol. The second kappa shape index (κ2) is 5.76. The van der Waals surface area contributed by atoms with Crippen LogP contribution < -0.4 is 4.72 Å². The lowest BCUT2D eigenvalue weighted by atomic mass is 10.1. The summed E-state index contributed by atoms with van der Waals surface area (Å²) in [6.45, 7) is 0.303. The van der Waals surface area contributed by atoms with Crippen LogP contribution in [0.1, 0.15) is 5.56 Å². The molecule has 0 aliphatic rings. The van der Waals surface area contributed by atoms with Crippen LogP contribution in [0.25, 0.3) is 11.1 Å². The fourth-order valence-electron chi connectivity index (χ4n) is 1.90. The third kappa shape index (κ3) is 3.26. The minimum absolute atomic E-state index is 0.221. The molecule has 0 amide bonds. The van der Waals surface area contributed by atoms with E-state index in [1.807, 2.05) is 18.2 Å². The van der Waals surface area contributed by atoms with Gasteiger partial charge >= 0.3 is 0 Å². The number of benzene rings is 1. The molecule has 0 fully saturated rings. The Morgan fingerprint density at radius 1 is 1.29 bits per heavy atom. The molecule has 0 spiro atoms. The molecule has 21 heavy (non-hydrogen) atoms. The molecule has 1 aromatic carbocycles. The van der Waals surface area contributed by atoms with Crippen molar-refractivity contribution in [1.29, 1.82) is 0 Å². The highest BCUT2D eigenvalue weighted by Gasteiger charge is 2.15. The Balaban J connectivity index is 1.65. The summed E-state index contributed by atoms with van der Waals surface area (Å²) in [6, 6.07) is 8.68. The zero-order chi connectivity index (χ0) is 14.9. The molecule has 0 saturated heterocycles. The Bertz CT molecular complexity index is 870. The molecule has 0 bridgehead atoms. The highest BCUT2D eigenvalue weighted by molar-refractivity contribution is 7.91. The monoisotopic (exact) mass is 342 g/mol. The van der Waals surface area contributed by atoms with Crippen LogP contribution in [0.4, 0.5) is 0 Å². The second-order valence-corrected chi connectivity index (χ2v) is 8.07. The number of oxazole rings is 1. The first kappa shape index (κ1) is 14.5. The Labute approximate surface area is 130 Å². The van der Waals surface area contributed by atoms with Crippen molar-refractivity contribution in [2.24, 2.45) is 0 Å². The van der Waals surface area contributed by atoms with Crippen molar-refractivity contribution in [2.45, 2.75) is 10.6 Å². The Morgan fingerprint density at radius 3 is 2.90 bits per heavy atom. The number of aromatic nitrogens is 1. The Kier molecular flexibility index (Phi) is 3.99. The van der Waals surface area contributed by atoms with Gasteiger partial charge in [0.05, 0.1) is 4.34 Å². The van der Waals surface area contributed by atoms with E-state index in [2.05, 4.69) is 9.71 Å². The maximum absolute atomic E-state index is 12.0. The van der Waals surface area contributed by atoms with Gasteiger partial charge in [0.2, 0.25) is 10.0 Å². The number of nitrogens with one attached hydrogen (secondary N) is 1. The first-order valence-electron chi connectivity index (χ1n) is 6.12. The van der Waals surface area contributed by atoms with E-state index in [9.17, 15) is 8.42 Å². The third-order valence-corrected chi connectivity index (χ3v) is 6.10. The molecule has 3 aromatic rings. The minimum Gasteiger partial charge on any atom is -0.443 e. The van der Waals surface area contributed by atoms with Gasteiger partial charge in [-0.05, 0) is 36.2 Å². The highest BCUT2D eigenvalue weighted by Crippen LogP contribution is 2.25. The van der Waals surface area contributed by atoms with E-state index in [0.29, 0.717) is 22.9 Å². The van der Waals surface area contributed by atoms with Crippen molar-refractivity contribution in [3.63, 3.8) is 0 Å². The topological polar surface area (TPSA) is 72.2 Å². The normalized spacial score (nSPS) is 12.0. The molecular weight excluding hydrogens is 332 g/mol. The molecule has 0 aliphatic carbocycles. The standard InChI is InChI=1S/C13H11ClN2O3S2/c14-12-3-4-13(20-12)21(17,18)16-6-5-9-1-2-10-11(7-9)19-8-15-10/h1-4,7-8,16H,5-6H2. The van der Waals surface area contributed by atoms with Crippen molar-refractivity contribution in [1.82, 2.24) is 9.71 Å². The molecule has 0 aliphatic heterocycles. The van der Waals surface area contributed by atoms with Gasteiger partial charge in [0.1, 0.15) is 9.73 Å². The zero-order valence-corrected chi connectivity index (χ0v) is 13.1. The summed E-state index contributed by atoms with van der Waals surface area (Å²) in [4.78, 5) is 4.03.